The van der Waals surface area contributed by atoms with Gasteiger partial charge in [-0.05, 0) is 89.9 Å². The second kappa shape index (κ2) is 40.0. The lowest BCUT2D eigenvalue weighted by molar-refractivity contribution is -0.118. The monoisotopic (exact) mass is 661 g/mol. The molecule has 4 nitrogen and oxygen atoms in total. The van der Waals surface area contributed by atoms with Crippen molar-refractivity contribution in [2.75, 3.05) is 0 Å². The van der Waals surface area contributed by atoms with Gasteiger partial charge < -0.3 is 11.5 Å². The van der Waals surface area contributed by atoms with Gasteiger partial charge in [-0.25, -0.2) is 0 Å². The van der Waals surface area contributed by atoms with Crippen LogP contribution in [0, 0.1) is 0 Å². The maximum Gasteiger partial charge on any atom is 0.217 e. The van der Waals surface area contributed by atoms with E-state index in [2.05, 4.69) is 97.2 Å². The second-order valence-corrected chi connectivity index (χ2v) is 12.7. The molecule has 0 aromatic rings. The lowest BCUT2D eigenvalue weighted by Gasteiger charge is -2.02. The molecule has 0 aliphatic heterocycles. The quantitative estimate of drug-likeness (QED) is 0.0523. The van der Waals surface area contributed by atoms with E-state index in [1.165, 1.54) is 89.9 Å². The Hall–Kier alpha value is -3.14. The van der Waals surface area contributed by atoms with Gasteiger partial charge in [-0.1, -0.05) is 161 Å². The van der Waals surface area contributed by atoms with Gasteiger partial charge in [0, 0.05) is 12.8 Å². The number of hydrogen-bond acceptors (Lipinski definition) is 2. The third kappa shape index (κ3) is 42.9. The number of rotatable bonds is 35. The van der Waals surface area contributed by atoms with Crippen LogP contribution in [0.5, 0.6) is 0 Å². The van der Waals surface area contributed by atoms with Crippen molar-refractivity contribution < 1.29 is 9.59 Å². The zero-order valence-corrected chi connectivity index (χ0v) is 30.6. The van der Waals surface area contributed by atoms with Crippen LogP contribution in [0.25, 0.3) is 0 Å². The van der Waals surface area contributed by atoms with E-state index in [4.69, 9.17) is 11.5 Å². The highest BCUT2D eigenvalue weighted by molar-refractivity contribution is 5.73. The molecule has 4 heteroatoms. The van der Waals surface area contributed by atoms with Crippen molar-refractivity contribution in [2.24, 2.45) is 11.5 Å². The zero-order chi connectivity index (χ0) is 34.9. The zero-order valence-electron chi connectivity index (χ0n) is 30.6. The lowest BCUT2D eigenvalue weighted by atomic mass is 10.0. The Morgan fingerprint density at radius 1 is 0.271 bits per heavy atom. The highest BCUT2D eigenvalue weighted by atomic mass is 16.1. The molecule has 0 saturated heterocycles. The molecule has 270 valence electrons. The van der Waals surface area contributed by atoms with E-state index in [9.17, 15) is 9.59 Å². The Labute approximate surface area is 296 Å². The predicted molar refractivity (Wildman–Crippen MR) is 212 cm³/mol. The molecule has 0 unspecified atom stereocenters. The Morgan fingerprint density at radius 3 is 0.688 bits per heavy atom. The smallest absolute Gasteiger partial charge is 0.217 e. The molecule has 0 fully saturated rings. The molecule has 0 atom stereocenters. The highest BCUT2D eigenvalue weighted by Crippen LogP contribution is 2.13. The van der Waals surface area contributed by atoms with Gasteiger partial charge >= 0.3 is 0 Å². The van der Waals surface area contributed by atoms with E-state index in [0.29, 0.717) is 12.8 Å². The molecular formula is C44H72N2O2. The van der Waals surface area contributed by atoms with Crippen molar-refractivity contribution in [3.05, 3.63) is 97.2 Å². The first-order valence-corrected chi connectivity index (χ1v) is 19.4. The molecule has 0 aromatic carbocycles. The third-order valence-corrected chi connectivity index (χ3v) is 8.05. The summed E-state index contributed by atoms with van der Waals surface area (Å²) >= 11 is 0. The number of amides is 2. The first-order valence-electron chi connectivity index (χ1n) is 19.4. The van der Waals surface area contributed by atoms with Gasteiger partial charge in [0.2, 0.25) is 11.8 Å². The van der Waals surface area contributed by atoms with Crippen LogP contribution in [0.3, 0.4) is 0 Å². The predicted octanol–water partition coefficient (Wildman–Crippen LogP) is 12.5. The molecule has 0 spiro atoms. The van der Waals surface area contributed by atoms with Crippen molar-refractivity contribution in [1.29, 1.82) is 0 Å². The molecular weight excluding hydrogens is 588 g/mol. The van der Waals surface area contributed by atoms with Crippen molar-refractivity contribution in [3.63, 3.8) is 0 Å². The van der Waals surface area contributed by atoms with Crippen LogP contribution in [-0.2, 0) is 9.59 Å². The standard InChI is InChI=1S/C44H72N2O2/c45-43(47)41-39-37-35-33-31-29-27-25-23-21-19-17-15-13-11-9-7-5-3-1-2-4-6-8-10-12-14-16-18-20-22-24-26-28-30-32-34-36-38-40-42-44(46)48/h15-18,21-24,27-30,33-36H,1-14,19-20,25-26,31-32,37-42H2,(H2,45,47)(H2,46,48)/b17-15-,18-16-,23-21-,24-22-,29-27-,30-28-,35-33-,36-34-. The summed E-state index contributed by atoms with van der Waals surface area (Å²) < 4.78 is 0. The second-order valence-electron chi connectivity index (χ2n) is 12.7. The van der Waals surface area contributed by atoms with Gasteiger partial charge in [-0.2, -0.15) is 0 Å². The number of unbranched alkanes of at least 4 members (excludes halogenated alkanes) is 15. The summed E-state index contributed by atoms with van der Waals surface area (Å²) in [4.78, 5) is 21.3. The van der Waals surface area contributed by atoms with Crippen LogP contribution in [0.2, 0.25) is 0 Å². The average molecular weight is 661 g/mol. The van der Waals surface area contributed by atoms with Gasteiger partial charge in [0.1, 0.15) is 0 Å². The molecule has 0 saturated carbocycles. The van der Waals surface area contributed by atoms with Gasteiger partial charge in [-0.15, -0.1) is 0 Å². The topological polar surface area (TPSA) is 86.2 Å². The van der Waals surface area contributed by atoms with E-state index >= 15 is 0 Å². The van der Waals surface area contributed by atoms with Crippen LogP contribution >= 0.6 is 0 Å². The number of carbonyl (C=O) groups excluding carboxylic acids is 2. The number of nitrogens with two attached hydrogens (primary N) is 2. The van der Waals surface area contributed by atoms with Crippen LogP contribution in [0.4, 0.5) is 0 Å². The SMILES string of the molecule is NC(=O)CCC/C=C\C/C=C\C/C=C\C/C=C\CCCCCCCCCCCCCC/C=C\C/C=C\C/C=C\C/C=C\CCCC(N)=O. The van der Waals surface area contributed by atoms with Crippen molar-refractivity contribution in [3.8, 4) is 0 Å². The molecule has 0 bridgehead atoms. The largest absolute Gasteiger partial charge is 0.370 e. The third-order valence-electron chi connectivity index (χ3n) is 8.05. The van der Waals surface area contributed by atoms with Crippen LogP contribution < -0.4 is 11.5 Å². The minimum absolute atomic E-state index is 0.214. The van der Waals surface area contributed by atoms with Gasteiger partial charge in [0.15, 0.2) is 0 Å². The minimum Gasteiger partial charge on any atom is -0.370 e. The first-order chi connectivity index (χ1) is 23.6. The molecule has 2 amide bonds. The number of hydrogen-bond donors (Lipinski definition) is 2. The fourth-order valence-corrected chi connectivity index (χ4v) is 5.18. The average Bonchev–Trinajstić information content (AvgIpc) is 3.06. The van der Waals surface area contributed by atoms with E-state index in [1.54, 1.807) is 0 Å². The normalized spacial score (nSPS) is 12.8. The number of primary amides is 2. The van der Waals surface area contributed by atoms with Gasteiger partial charge in [0.25, 0.3) is 0 Å². The van der Waals surface area contributed by atoms with E-state index in [1.807, 2.05) is 0 Å². The Bertz CT molecular complexity index is 886. The van der Waals surface area contributed by atoms with Crippen molar-refractivity contribution >= 4 is 11.8 Å². The molecule has 48 heavy (non-hydrogen) atoms. The molecule has 0 aromatic heterocycles. The molecule has 0 heterocycles. The fourth-order valence-electron chi connectivity index (χ4n) is 5.18. The molecule has 0 aliphatic carbocycles. The van der Waals surface area contributed by atoms with Crippen LogP contribution in [0.1, 0.15) is 167 Å². The summed E-state index contributed by atoms with van der Waals surface area (Å²) in [6, 6.07) is 0. The van der Waals surface area contributed by atoms with E-state index in [-0.39, 0.29) is 11.8 Å². The van der Waals surface area contributed by atoms with Gasteiger partial charge in [-0.3, -0.25) is 9.59 Å². The van der Waals surface area contributed by atoms with Crippen LogP contribution in [0.15, 0.2) is 97.2 Å². The highest BCUT2D eigenvalue weighted by Gasteiger charge is 1.94. The molecule has 0 aliphatic rings. The Kier molecular flexibility index (Phi) is 37.4. The lowest BCUT2D eigenvalue weighted by Crippen LogP contribution is -2.09. The minimum atomic E-state index is -0.214. The number of carbonyl (C=O) groups is 2. The molecule has 4 N–H and O–H groups in total. The maximum atomic E-state index is 10.7. The summed E-state index contributed by atoms with van der Waals surface area (Å²) in [5.74, 6) is -0.427. The van der Waals surface area contributed by atoms with E-state index < -0.39 is 0 Å². The van der Waals surface area contributed by atoms with Crippen LogP contribution in [-0.4, -0.2) is 11.8 Å². The first kappa shape index (κ1) is 44.9. The number of allylic oxidation sites excluding steroid dienone is 16. The van der Waals surface area contributed by atoms with Crippen molar-refractivity contribution in [2.45, 2.75) is 167 Å². The van der Waals surface area contributed by atoms with Crippen molar-refractivity contribution in [1.82, 2.24) is 0 Å². The molecule has 0 radical (unpaired) electrons. The Morgan fingerprint density at radius 2 is 0.458 bits per heavy atom. The summed E-state index contributed by atoms with van der Waals surface area (Å²) in [5, 5.41) is 0. The maximum absolute atomic E-state index is 10.7. The summed E-state index contributed by atoms with van der Waals surface area (Å²) in [5.41, 5.74) is 10.3. The summed E-state index contributed by atoms with van der Waals surface area (Å²) in [7, 11) is 0. The van der Waals surface area contributed by atoms with E-state index in [0.717, 1.165) is 64.2 Å². The van der Waals surface area contributed by atoms with Gasteiger partial charge in [0.05, 0.1) is 0 Å². The molecule has 0 rings (SSSR count). The summed E-state index contributed by atoms with van der Waals surface area (Å²) in [6.07, 6.45) is 65.2. The Balaban J connectivity index is 3.34. The fraction of sp³-hybridized carbons (Fsp3) is 0.591. The summed E-state index contributed by atoms with van der Waals surface area (Å²) in [6.45, 7) is 0.